The molecule has 2 saturated heterocycles. The van der Waals surface area contributed by atoms with E-state index in [1.165, 1.54) is 19.3 Å². The molecule has 2 heterocycles. The molecule has 0 atom stereocenters. The fourth-order valence-corrected chi connectivity index (χ4v) is 3.30. The van der Waals surface area contributed by atoms with Gasteiger partial charge in [0.25, 0.3) is 0 Å². The molecule has 2 aliphatic rings. The van der Waals surface area contributed by atoms with Crippen molar-refractivity contribution in [1.82, 2.24) is 9.80 Å². The summed E-state index contributed by atoms with van der Waals surface area (Å²) in [6.07, 6.45) is 7.82. The van der Waals surface area contributed by atoms with Gasteiger partial charge in [0.1, 0.15) is 0 Å². The summed E-state index contributed by atoms with van der Waals surface area (Å²) < 4.78 is 0. The number of primary amides is 1. The van der Waals surface area contributed by atoms with Crippen molar-refractivity contribution >= 4 is 11.9 Å². The minimum Gasteiger partial charge on any atom is -0.370 e. The van der Waals surface area contributed by atoms with Gasteiger partial charge in [-0.2, -0.15) is 0 Å². The number of carbonyl (C=O) groups is 1. The highest BCUT2D eigenvalue weighted by molar-refractivity contribution is 5.78. The molecule has 0 radical (unpaired) electrons. The van der Waals surface area contributed by atoms with Crippen molar-refractivity contribution in [2.45, 2.75) is 44.9 Å². The summed E-state index contributed by atoms with van der Waals surface area (Å²) in [5.41, 5.74) is 11.4. The molecule has 0 aromatic rings. The number of nitrogens with two attached hydrogens (primary N) is 2. The third-order valence-corrected chi connectivity index (χ3v) is 4.83. The molecule has 4 N–H and O–H groups in total. The van der Waals surface area contributed by atoms with Gasteiger partial charge in [-0.3, -0.25) is 9.79 Å². The Kier molecular flexibility index (Phi) is 6.96. The fraction of sp³-hybridized carbons (Fsp3) is 0.875. The third kappa shape index (κ3) is 5.48. The van der Waals surface area contributed by atoms with E-state index in [4.69, 9.17) is 11.5 Å². The van der Waals surface area contributed by atoms with E-state index in [0.717, 1.165) is 70.9 Å². The SMILES string of the molecule is NC(=O)C1CCN(CCCCN=C(N)N2CCCCC2)CC1. The van der Waals surface area contributed by atoms with E-state index in [2.05, 4.69) is 14.8 Å². The van der Waals surface area contributed by atoms with E-state index < -0.39 is 0 Å². The van der Waals surface area contributed by atoms with E-state index >= 15 is 0 Å². The number of guanidine groups is 1. The lowest BCUT2D eigenvalue weighted by molar-refractivity contribution is -0.123. The van der Waals surface area contributed by atoms with Crippen LogP contribution in [0.15, 0.2) is 4.99 Å². The summed E-state index contributed by atoms with van der Waals surface area (Å²) in [7, 11) is 0. The number of unbranched alkanes of at least 4 members (excludes halogenated alkanes) is 1. The van der Waals surface area contributed by atoms with Crippen LogP contribution in [-0.2, 0) is 4.79 Å². The first-order valence-corrected chi connectivity index (χ1v) is 8.73. The molecule has 0 spiro atoms. The quantitative estimate of drug-likeness (QED) is 0.431. The average Bonchev–Trinajstić information content (AvgIpc) is 2.55. The van der Waals surface area contributed by atoms with E-state index in [1.807, 2.05) is 0 Å². The second-order valence-corrected chi connectivity index (χ2v) is 6.51. The van der Waals surface area contributed by atoms with Crippen LogP contribution in [0.1, 0.15) is 44.9 Å². The molecular weight excluding hydrogens is 278 g/mol. The maximum atomic E-state index is 11.1. The van der Waals surface area contributed by atoms with Crippen LogP contribution in [0.4, 0.5) is 0 Å². The number of hydrogen-bond acceptors (Lipinski definition) is 3. The number of rotatable bonds is 6. The highest BCUT2D eigenvalue weighted by atomic mass is 16.1. The Labute approximate surface area is 133 Å². The topological polar surface area (TPSA) is 88.0 Å². The van der Waals surface area contributed by atoms with Gasteiger partial charge in [0.15, 0.2) is 5.96 Å². The molecule has 0 unspecified atom stereocenters. The minimum atomic E-state index is -0.137. The molecule has 2 fully saturated rings. The summed E-state index contributed by atoms with van der Waals surface area (Å²) in [6.45, 7) is 6.01. The minimum absolute atomic E-state index is 0.0881. The molecular formula is C16H31N5O. The van der Waals surface area contributed by atoms with Crippen LogP contribution >= 0.6 is 0 Å². The predicted molar refractivity (Wildman–Crippen MR) is 89.5 cm³/mol. The van der Waals surface area contributed by atoms with E-state index in [-0.39, 0.29) is 11.8 Å². The van der Waals surface area contributed by atoms with Crippen LogP contribution in [0.5, 0.6) is 0 Å². The molecule has 2 rings (SSSR count). The zero-order valence-corrected chi connectivity index (χ0v) is 13.7. The highest BCUT2D eigenvalue weighted by Crippen LogP contribution is 2.16. The van der Waals surface area contributed by atoms with Gasteiger partial charge in [-0.05, 0) is 64.6 Å². The molecule has 0 saturated carbocycles. The van der Waals surface area contributed by atoms with Crippen LogP contribution in [-0.4, -0.2) is 60.9 Å². The largest absolute Gasteiger partial charge is 0.370 e. The first-order chi connectivity index (χ1) is 10.7. The van der Waals surface area contributed by atoms with Gasteiger partial charge in [-0.1, -0.05) is 0 Å². The van der Waals surface area contributed by atoms with Gasteiger partial charge in [-0.25, -0.2) is 0 Å². The Morgan fingerprint density at radius 1 is 1.00 bits per heavy atom. The summed E-state index contributed by atoms with van der Waals surface area (Å²) in [5, 5.41) is 0. The lowest BCUT2D eigenvalue weighted by Crippen LogP contribution is -2.41. The van der Waals surface area contributed by atoms with Crippen LogP contribution < -0.4 is 11.5 Å². The molecule has 6 heteroatoms. The van der Waals surface area contributed by atoms with Crippen LogP contribution in [0.3, 0.4) is 0 Å². The van der Waals surface area contributed by atoms with E-state index in [0.29, 0.717) is 0 Å². The Morgan fingerprint density at radius 3 is 2.32 bits per heavy atom. The van der Waals surface area contributed by atoms with Crippen molar-refractivity contribution < 1.29 is 4.79 Å². The van der Waals surface area contributed by atoms with Gasteiger partial charge < -0.3 is 21.3 Å². The molecule has 2 aliphatic heterocycles. The molecule has 0 bridgehead atoms. The lowest BCUT2D eigenvalue weighted by Gasteiger charge is -2.30. The summed E-state index contributed by atoms with van der Waals surface area (Å²) in [4.78, 5) is 20.3. The van der Waals surface area contributed by atoms with Crippen LogP contribution in [0.2, 0.25) is 0 Å². The maximum Gasteiger partial charge on any atom is 0.220 e. The number of piperidine rings is 2. The van der Waals surface area contributed by atoms with Crippen LogP contribution in [0, 0.1) is 5.92 Å². The third-order valence-electron chi connectivity index (χ3n) is 4.83. The normalized spacial score (nSPS) is 22.0. The van der Waals surface area contributed by atoms with Crippen molar-refractivity contribution in [2.24, 2.45) is 22.4 Å². The fourth-order valence-electron chi connectivity index (χ4n) is 3.30. The zero-order chi connectivity index (χ0) is 15.8. The summed E-state index contributed by atoms with van der Waals surface area (Å²) >= 11 is 0. The smallest absolute Gasteiger partial charge is 0.220 e. The van der Waals surface area contributed by atoms with Crippen molar-refractivity contribution in [2.75, 3.05) is 39.3 Å². The van der Waals surface area contributed by atoms with Crippen LogP contribution in [0.25, 0.3) is 0 Å². The molecule has 6 nitrogen and oxygen atoms in total. The van der Waals surface area contributed by atoms with Gasteiger partial charge in [0.05, 0.1) is 0 Å². The van der Waals surface area contributed by atoms with Crippen molar-refractivity contribution in [1.29, 1.82) is 0 Å². The average molecular weight is 309 g/mol. The summed E-state index contributed by atoms with van der Waals surface area (Å²) in [5.74, 6) is 0.675. The Hall–Kier alpha value is -1.30. The summed E-state index contributed by atoms with van der Waals surface area (Å²) in [6, 6.07) is 0. The van der Waals surface area contributed by atoms with Gasteiger partial charge in [-0.15, -0.1) is 0 Å². The van der Waals surface area contributed by atoms with Gasteiger partial charge in [0, 0.05) is 25.6 Å². The van der Waals surface area contributed by atoms with Gasteiger partial charge in [0.2, 0.25) is 5.91 Å². The number of carbonyl (C=O) groups excluding carboxylic acids is 1. The van der Waals surface area contributed by atoms with E-state index in [9.17, 15) is 4.79 Å². The molecule has 0 aliphatic carbocycles. The first-order valence-electron chi connectivity index (χ1n) is 8.73. The standard InChI is InChI=1S/C16H31N5O/c17-15(22)14-6-12-20(13-7-14)9-5-2-8-19-16(18)21-10-3-1-4-11-21/h14H,1-13H2,(H2,17,22)(H2,18,19). The van der Waals surface area contributed by atoms with Gasteiger partial charge >= 0.3 is 0 Å². The molecule has 126 valence electrons. The molecule has 0 aromatic carbocycles. The number of aliphatic imine (C=N–C) groups is 1. The van der Waals surface area contributed by atoms with E-state index in [1.54, 1.807) is 0 Å². The molecule has 0 aromatic heterocycles. The van der Waals surface area contributed by atoms with Crippen molar-refractivity contribution in [3.63, 3.8) is 0 Å². The number of amides is 1. The van der Waals surface area contributed by atoms with Crippen molar-refractivity contribution in [3.8, 4) is 0 Å². The van der Waals surface area contributed by atoms with Crippen molar-refractivity contribution in [3.05, 3.63) is 0 Å². The highest BCUT2D eigenvalue weighted by Gasteiger charge is 2.22. The number of hydrogen-bond donors (Lipinski definition) is 2. The maximum absolute atomic E-state index is 11.1. The monoisotopic (exact) mass is 309 g/mol. The Bertz CT molecular complexity index is 371. The second kappa shape index (κ2) is 8.98. The first kappa shape index (κ1) is 17.1. The Balaban J connectivity index is 1.55. The second-order valence-electron chi connectivity index (χ2n) is 6.51. The number of likely N-dealkylation sites (tertiary alicyclic amines) is 2. The lowest BCUT2D eigenvalue weighted by atomic mass is 9.96. The predicted octanol–water partition coefficient (Wildman–Crippen LogP) is 0.765. The Morgan fingerprint density at radius 2 is 1.68 bits per heavy atom. The molecule has 22 heavy (non-hydrogen) atoms. The molecule has 1 amide bonds. The zero-order valence-electron chi connectivity index (χ0n) is 13.7. The number of nitrogens with zero attached hydrogens (tertiary/aromatic N) is 3.